The molecule has 6 heteroatoms. The van der Waals surface area contributed by atoms with Gasteiger partial charge in [-0.2, -0.15) is 5.10 Å². The van der Waals surface area contributed by atoms with Crippen LogP contribution in [0.4, 0.5) is 0 Å². The number of amides is 1. The molecule has 0 spiro atoms. The number of hydrogen-bond acceptors (Lipinski definition) is 3. The van der Waals surface area contributed by atoms with Crippen molar-refractivity contribution in [2.75, 3.05) is 0 Å². The Hall–Kier alpha value is -2.63. The van der Waals surface area contributed by atoms with Crippen LogP contribution in [0.5, 0.6) is 0 Å². The summed E-state index contributed by atoms with van der Waals surface area (Å²) < 4.78 is 1.38. The van der Waals surface area contributed by atoms with Crippen LogP contribution in [0, 0.1) is 6.92 Å². The Bertz CT molecular complexity index is 661. The van der Waals surface area contributed by atoms with Gasteiger partial charge in [0.2, 0.25) is 5.91 Å². The molecule has 1 heterocycles. The van der Waals surface area contributed by atoms with Crippen molar-refractivity contribution in [3.05, 3.63) is 47.3 Å². The van der Waals surface area contributed by atoms with Gasteiger partial charge in [0, 0.05) is 13.5 Å². The lowest BCUT2D eigenvalue weighted by Crippen LogP contribution is -2.19. The Morgan fingerprint density at radius 2 is 2.10 bits per heavy atom. The van der Waals surface area contributed by atoms with Crippen molar-refractivity contribution in [1.82, 2.24) is 15.1 Å². The van der Waals surface area contributed by atoms with Crippen LogP contribution in [-0.4, -0.2) is 26.8 Å². The van der Waals surface area contributed by atoms with Gasteiger partial charge in [0.05, 0.1) is 11.4 Å². The number of aromatic nitrogens is 2. The van der Waals surface area contributed by atoms with Gasteiger partial charge in [-0.15, -0.1) is 0 Å². The molecular weight excluding hydrogens is 258 g/mol. The van der Waals surface area contributed by atoms with E-state index in [2.05, 4.69) is 10.4 Å². The molecule has 0 aliphatic carbocycles. The predicted molar refractivity (Wildman–Crippen MR) is 72.8 cm³/mol. The van der Waals surface area contributed by atoms with Crippen molar-refractivity contribution in [3.63, 3.8) is 0 Å². The molecule has 0 saturated heterocycles. The highest BCUT2D eigenvalue weighted by Crippen LogP contribution is 2.14. The van der Waals surface area contributed by atoms with Crippen molar-refractivity contribution in [2.24, 2.45) is 0 Å². The first-order valence-electron chi connectivity index (χ1n) is 6.11. The van der Waals surface area contributed by atoms with Crippen molar-refractivity contribution < 1.29 is 14.7 Å². The summed E-state index contributed by atoms with van der Waals surface area (Å²) in [5, 5.41) is 16.1. The molecule has 0 radical (unpaired) electrons. The van der Waals surface area contributed by atoms with E-state index in [1.54, 1.807) is 25.1 Å². The van der Waals surface area contributed by atoms with E-state index in [0.717, 1.165) is 5.56 Å². The number of benzene rings is 1. The SMILES string of the molecule is CC(=O)NCc1cccc(-n2nc(C)cc2C(=O)O)c1. The second kappa shape index (κ2) is 5.56. The van der Waals surface area contributed by atoms with Crippen LogP contribution < -0.4 is 5.32 Å². The third kappa shape index (κ3) is 3.03. The molecule has 0 aliphatic rings. The monoisotopic (exact) mass is 273 g/mol. The molecule has 0 bridgehead atoms. The van der Waals surface area contributed by atoms with E-state index in [0.29, 0.717) is 17.9 Å². The Labute approximate surface area is 116 Å². The number of nitrogens with one attached hydrogen (secondary N) is 1. The topological polar surface area (TPSA) is 84.2 Å². The van der Waals surface area contributed by atoms with E-state index in [1.165, 1.54) is 17.7 Å². The van der Waals surface area contributed by atoms with Crippen molar-refractivity contribution in [3.8, 4) is 5.69 Å². The molecule has 1 amide bonds. The summed E-state index contributed by atoms with van der Waals surface area (Å²) in [6.07, 6.45) is 0. The first-order chi connectivity index (χ1) is 9.47. The second-order valence-corrected chi connectivity index (χ2v) is 4.47. The van der Waals surface area contributed by atoms with Gasteiger partial charge in [0.1, 0.15) is 0 Å². The minimum atomic E-state index is -1.03. The number of carbonyl (C=O) groups is 2. The Balaban J connectivity index is 2.35. The Morgan fingerprint density at radius 1 is 1.35 bits per heavy atom. The van der Waals surface area contributed by atoms with Crippen LogP contribution in [0.2, 0.25) is 0 Å². The third-order valence-electron chi connectivity index (χ3n) is 2.75. The molecule has 104 valence electrons. The normalized spacial score (nSPS) is 10.3. The summed E-state index contributed by atoms with van der Waals surface area (Å²) in [5.41, 5.74) is 2.27. The first kappa shape index (κ1) is 13.8. The fourth-order valence-corrected chi connectivity index (χ4v) is 1.87. The van der Waals surface area contributed by atoms with Gasteiger partial charge in [-0.05, 0) is 30.7 Å². The average molecular weight is 273 g/mol. The number of carboxylic acids is 1. The van der Waals surface area contributed by atoms with Gasteiger partial charge >= 0.3 is 5.97 Å². The fraction of sp³-hybridized carbons (Fsp3) is 0.214. The summed E-state index contributed by atoms with van der Waals surface area (Å²) in [5.74, 6) is -1.14. The van der Waals surface area contributed by atoms with E-state index in [9.17, 15) is 9.59 Å². The number of hydrogen-bond donors (Lipinski definition) is 2. The standard InChI is InChI=1S/C14H15N3O3/c1-9-6-13(14(19)20)17(16-9)12-5-3-4-11(7-12)8-15-10(2)18/h3-7H,8H2,1-2H3,(H,15,18)(H,19,20). The zero-order valence-corrected chi connectivity index (χ0v) is 11.3. The van der Waals surface area contributed by atoms with Gasteiger partial charge in [0.15, 0.2) is 5.69 Å². The maximum absolute atomic E-state index is 11.2. The molecule has 2 rings (SSSR count). The van der Waals surface area contributed by atoms with Crippen LogP contribution in [0.15, 0.2) is 30.3 Å². The summed E-state index contributed by atoms with van der Waals surface area (Å²) in [6.45, 7) is 3.58. The van der Waals surface area contributed by atoms with E-state index in [4.69, 9.17) is 5.11 Å². The van der Waals surface area contributed by atoms with Gasteiger partial charge in [-0.1, -0.05) is 12.1 Å². The smallest absolute Gasteiger partial charge is 0.354 e. The number of nitrogens with zero attached hydrogens (tertiary/aromatic N) is 2. The quantitative estimate of drug-likeness (QED) is 0.884. The highest BCUT2D eigenvalue weighted by atomic mass is 16.4. The zero-order chi connectivity index (χ0) is 14.7. The summed E-state index contributed by atoms with van der Waals surface area (Å²) in [6, 6.07) is 8.75. The highest BCUT2D eigenvalue weighted by Gasteiger charge is 2.14. The highest BCUT2D eigenvalue weighted by molar-refractivity contribution is 5.86. The molecule has 0 aliphatic heterocycles. The summed E-state index contributed by atoms with van der Waals surface area (Å²) in [7, 11) is 0. The number of rotatable bonds is 4. The molecule has 0 fully saturated rings. The second-order valence-electron chi connectivity index (χ2n) is 4.47. The lowest BCUT2D eigenvalue weighted by molar-refractivity contribution is -0.119. The van der Waals surface area contributed by atoms with E-state index >= 15 is 0 Å². The molecule has 1 aromatic carbocycles. The maximum Gasteiger partial charge on any atom is 0.354 e. The average Bonchev–Trinajstić information content (AvgIpc) is 2.79. The molecule has 0 saturated carbocycles. The minimum Gasteiger partial charge on any atom is -0.477 e. The van der Waals surface area contributed by atoms with Crippen LogP contribution in [0.3, 0.4) is 0 Å². The van der Waals surface area contributed by atoms with Crippen LogP contribution in [0.1, 0.15) is 28.7 Å². The first-order valence-corrected chi connectivity index (χ1v) is 6.11. The predicted octanol–water partition coefficient (Wildman–Crippen LogP) is 1.52. The van der Waals surface area contributed by atoms with E-state index in [1.807, 2.05) is 6.07 Å². The number of aryl methyl sites for hydroxylation is 1. The van der Waals surface area contributed by atoms with Crippen LogP contribution in [-0.2, 0) is 11.3 Å². The zero-order valence-electron chi connectivity index (χ0n) is 11.3. The number of aromatic carboxylic acids is 1. The third-order valence-corrected chi connectivity index (χ3v) is 2.75. The molecule has 6 nitrogen and oxygen atoms in total. The van der Waals surface area contributed by atoms with Crippen molar-refractivity contribution in [2.45, 2.75) is 20.4 Å². The van der Waals surface area contributed by atoms with Crippen molar-refractivity contribution in [1.29, 1.82) is 0 Å². The van der Waals surface area contributed by atoms with Crippen molar-refractivity contribution >= 4 is 11.9 Å². The van der Waals surface area contributed by atoms with Gasteiger partial charge in [-0.3, -0.25) is 4.79 Å². The molecule has 2 aromatic rings. The molecular formula is C14H15N3O3. The Kier molecular flexibility index (Phi) is 3.84. The number of carboxylic acid groups (broad SMARTS) is 1. The summed E-state index contributed by atoms with van der Waals surface area (Å²) >= 11 is 0. The lowest BCUT2D eigenvalue weighted by atomic mass is 10.2. The Morgan fingerprint density at radius 3 is 2.75 bits per heavy atom. The largest absolute Gasteiger partial charge is 0.477 e. The molecule has 0 atom stereocenters. The molecule has 20 heavy (non-hydrogen) atoms. The maximum atomic E-state index is 11.2. The minimum absolute atomic E-state index is 0.110. The molecule has 2 N–H and O–H groups in total. The van der Waals surface area contributed by atoms with Gasteiger partial charge in [0.25, 0.3) is 0 Å². The molecule has 1 aromatic heterocycles. The van der Waals surface area contributed by atoms with Crippen LogP contribution in [0.25, 0.3) is 5.69 Å². The fourth-order valence-electron chi connectivity index (χ4n) is 1.87. The lowest BCUT2D eigenvalue weighted by Gasteiger charge is -2.07. The van der Waals surface area contributed by atoms with Gasteiger partial charge in [-0.25, -0.2) is 9.48 Å². The van der Waals surface area contributed by atoms with E-state index < -0.39 is 5.97 Å². The number of carbonyl (C=O) groups excluding carboxylic acids is 1. The molecule has 0 unspecified atom stereocenters. The van der Waals surface area contributed by atoms with E-state index in [-0.39, 0.29) is 11.6 Å². The van der Waals surface area contributed by atoms with Gasteiger partial charge < -0.3 is 10.4 Å². The summed E-state index contributed by atoms with van der Waals surface area (Å²) in [4.78, 5) is 22.1. The van der Waals surface area contributed by atoms with Crippen LogP contribution >= 0.6 is 0 Å².